The average molecular weight is 372 g/mol. The van der Waals surface area contributed by atoms with Gasteiger partial charge in [-0.05, 0) is 42.8 Å². The Morgan fingerprint density at radius 1 is 1.23 bits per heavy atom. The molecule has 0 unspecified atom stereocenters. The van der Waals surface area contributed by atoms with Gasteiger partial charge in [0.2, 0.25) is 0 Å². The van der Waals surface area contributed by atoms with Crippen LogP contribution in [0, 0.1) is 12.3 Å². The fourth-order valence-corrected chi connectivity index (χ4v) is 2.63. The lowest BCUT2D eigenvalue weighted by Gasteiger charge is -2.24. The van der Waals surface area contributed by atoms with Gasteiger partial charge in [-0.3, -0.25) is 15.3 Å². The van der Waals surface area contributed by atoms with Gasteiger partial charge in [0.1, 0.15) is 0 Å². The van der Waals surface area contributed by atoms with E-state index in [1.165, 1.54) is 10.5 Å². The molecule has 0 saturated heterocycles. The van der Waals surface area contributed by atoms with E-state index in [1.54, 1.807) is 6.20 Å². The number of nitrogens with zero attached hydrogens (tertiary/aromatic N) is 2. The van der Waals surface area contributed by atoms with Crippen molar-refractivity contribution < 1.29 is 4.74 Å². The summed E-state index contributed by atoms with van der Waals surface area (Å²) in [5.41, 5.74) is 8.80. The van der Waals surface area contributed by atoms with Crippen molar-refractivity contribution in [2.24, 2.45) is 5.73 Å². The summed E-state index contributed by atoms with van der Waals surface area (Å²) in [4.78, 5) is 5.85. The lowest BCUT2D eigenvalue weighted by atomic mass is 10.2. The number of pyridine rings is 1. The molecule has 1 heterocycles. The van der Waals surface area contributed by atoms with Crippen molar-refractivity contribution in [1.29, 1.82) is 5.41 Å². The summed E-state index contributed by atoms with van der Waals surface area (Å²) in [5, 5.41) is 11.2. The molecule has 0 aliphatic rings. The standard InChI is InChI=1S/C19H25N5OS/c1-15-6-5-10-22-17(15)14-24(18(20)21)19(26)23-11-13-25-12-9-16-7-3-2-4-8-16/h2-8,10H,9,11-14H2,1H3,(H3,20,21)(H,23,26). The molecule has 2 aromatic rings. The van der Waals surface area contributed by atoms with E-state index in [0.29, 0.717) is 31.4 Å². The fourth-order valence-electron chi connectivity index (χ4n) is 2.36. The number of nitrogens with one attached hydrogen (secondary N) is 2. The highest BCUT2D eigenvalue weighted by atomic mass is 32.1. The van der Waals surface area contributed by atoms with Gasteiger partial charge in [-0.2, -0.15) is 0 Å². The number of hydrogen-bond acceptors (Lipinski definition) is 4. The number of aryl methyl sites for hydroxylation is 1. The zero-order valence-electron chi connectivity index (χ0n) is 14.9. The summed E-state index contributed by atoms with van der Waals surface area (Å²) >= 11 is 5.36. The maximum Gasteiger partial charge on any atom is 0.195 e. The second-order valence-corrected chi connectivity index (χ2v) is 6.20. The first-order valence-corrected chi connectivity index (χ1v) is 8.90. The number of rotatable bonds is 8. The topological polar surface area (TPSA) is 87.3 Å². The predicted octanol–water partition coefficient (Wildman–Crippen LogP) is 2.22. The van der Waals surface area contributed by atoms with Gasteiger partial charge < -0.3 is 15.8 Å². The van der Waals surface area contributed by atoms with Crippen molar-refractivity contribution in [2.75, 3.05) is 19.8 Å². The molecule has 7 heteroatoms. The van der Waals surface area contributed by atoms with Crippen LogP contribution in [0.2, 0.25) is 0 Å². The van der Waals surface area contributed by atoms with E-state index in [1.807, 2.05) is 37.3 Å². The van der Waals surface area contributed by atoms with Crippen molar-refractivity contribution >= 4 is 23.3 Å². The molecule has 0 saturated carbocycles. The zero-order valence-corrected chi connectivity index (χ0v) is 15.8. The Bertz CT molecular complexity index is 723. The minimum Gasteiger partial charge on any atom is -0.379 e. The summed E-state index contributed by atoms with van der Waals surface area (Å²) in [6.07, 6.45) is 2.60. The normalized spacial score (nSPS) is 10.3. The van der Waals surface area contributed by atoms with Crippen molar-refractivity contribution in [3.63, 3.8) is 0 Å². The molecule has 0 radical (unpaired) electrons. The summed E-state index contributed by atoms with van der Waals surface area (Å²) in [6, 6.07) is 14.1. The number of thiocarbonyl (C=S) groups is 1. The molecule has 1 aromatic heterocycles. The minimum absolute atomic E-state index is 0.113. The van der Waals surface area contributed by atoms with Crippen LogP contribution in [0.3, 0.4) is 0 Å². The van der Waals surface area contributed by atoms with Gasteiger partial charge in [-0.15, -0.1) is 0 Å². The Morgan fingerprint density at radius 3 is 2.69 bits per heavy atom. The molecule has 0 atom stereocenters. The molecule has 2 rings (SSSR count). The molecule has 0 spiro atoms. The Labute approximate surface area is 159 Å². The van der Waals surface area contributed by atoms with Crippen molar-refractivity contribution in [3.8, 4) is 0 Å². The van der Waals surface area contributed by atoms with Gasteiger partial charge in [0, 0.05) is 12.7 Å². The maximum absolute atomic E-state index is 7.76. The predicted molar refractivity (Wildman–Crippen MR) is 108 cm³/mol. The smallest absolute Gasteiger partial charge is 0.195 e. The minimum atomic E-state index is -0.113. The number of benzene rings is 1. The molecule has 0 fully saturated rings. The van der Waals surface area contributed by atoms with Crippen LogP contribution in [0.25, 0.3) is 0 Å². The highest BCUT2D eigenvalue weighted by Crippen LogP contribution is 2.07. The highest BCUT2D eigenvalue weighted by Gasteiger charge is 2.14. The molecule has 6 nitrogen and oxygen atoms in total. The van der Waals surface area contributed by atoms with Crippen molar-refractivity contribution in [2.45, 2.75) is 19.9 Å². The second-order valence-electron chi connectivity index (χ2n) is 5.82. The van der Waals surface area contributed by atoms with Crippen LogP contribution in [0.15, 0.2) is 48.7 Å². The third-order valence-electron chi connectivity index (χ3n) is 3.86. The van der Waals surface area contributed by atoms with E-state index >= 15 is 0 Å². The Morgan fingerprint density at radius 2 is 2.00 bits per heavy atom. The third kappa shape index (κ3) is 6.42. The van der Waals surface area contributed by atoms with E-state index in [2.05, 4.69) is 22.4 Å². The van der Waals surface area contributed by atoms with Crippen LogP contribution in [-0.4, -0.2) is 40.7 Å². The number of aromatic nitrogens is 1. The van der Waals surface area contributed by atoms with Crippen LogP contribution in [0.1, 0.15) is 16.8 Å². The van der Waals surface area contributed by atoms with E-state index in [0.717, 1.165) is 17.7 Å². The lowest BCUT2D eigenvalue weighted by molar-refractivity contribution is 0.141. The van der Waals surface area contributed by atoms with Crippen LogP contribution < -0.4 is 11.1 Å². The van der Waals surface area contributed by atoms with Crippen LogP contribution in [-0.2, 0) is 17.7 Å². The van der Waals surface area contributed by atoms with Gasteiger partial charge in [0.05, 0.1) is 25.5 Å². The van der Waals surface area contributed by atoms with E-state index in [4.69, 9.17) is 28.1 Å². The highest BCUT2D eigenvalue weighted by molar-refractivity contribution is 7.80. The Kier molecular flexibility index (Phi) is 7.98. The molecular weight excluding hydrogens is 346 g/mol. The lowest BCUT2D eigenvalue weighted by Crippen LogP contribution is -2.47. The molecule has 138 valence electrons. The quantitative estimate of drug-likeness (QED) is 0.285. The van der Waals surface area contributed by atoms with Crippen molar-refractivity contribution in [1.82, 2.24) is 15.2 Å². The summed E-state index contributed by atoms with van der Waals surface area (Å²) in [6.45, 7) is 4.07. The first kappa shape index (κ1) is 19.8. The largest absolute Gasteiger partial charge is 0.379 e. The first-order chi connectivity index (χ1) is 12.6. The molecule has 4 N–H and O–H groups in total. The van der Waals surface area contributed by atoms with Gasteiger partial charge in [0.15, 0.2) is 11.1 Å². The molecule has 0 amide bonds. The zero-order chi connectivity index (χ0) is 18.8. The number of ether oxygens (including phenoxy) is 1. The monoisotopic (exact) mass is 371 g/mol. The first-order valence-electron chi connectivity index (χ1n) is 8.49. The van der Waals surface area contributed by atoms with Gasteiger partial charge in [-0.25, -0.2) is 0 Å². The van der Waals surface area contributed by atoms with Gasteiger partial charge >= 0.3 is 0 Å². The summed E-state index contributed by atoms with van der Waals surface area (Å²) in [7, 11) is 0. The van der Waals surface area contributed by atoms with E-state index in [-0.39, 0.29) is 5.96 Å². The molecule has 0 aliphatic carbocycles. The van der Waals surface area contributed by atoms with E-state index < -0.39 is 0 Å². The summed E-state index contributed by atoms with van der Waals surface area (Å²) < 4.78 is 5.63. The molecule has 0 bridgehead atoms. The number of guanidine groups is 1. The average Bonchev–Trinajstić information content (AvgIpc) is 2.64. The maximum atomic E-state index is 7.76. The van der Waals surface area contributed by atoms with Crippen LogP contribution in [0.5, 0.6) is 0 Å². The summed E-state index contributed by atoms with van der Waals surface area (Å²) in [5.74, 6) is -0.113. The SMILES string of the molecule is Cc1cccnc1CN(C(=N)N)C(=S)NCCOCCc1ccccc1. The molecule has 1 aromatic carbocycles. The molecule has 26 heavy (non-hydrogen) atoms. The van der Waals surface area contributed by atoms with E-state index in [9.17, 15) is 0 Å². The number of nitrogens with two attached hydrogens (primary N) is 1. The third-order valence-corrected chi connectivity index (χ3v) is 4.23. The fraction of sp³-hybridized carbons (Fsp3) is 0.316. The van der Waals surface area contributed by atoms with Crippen molar-refractivity contribution in [3.05, 3.63) is 65.5 Å². The van der Waals surface area contributed by atoms with Gasteiger partial charge in [0.25, 0.3) is 0 Å². The second kappa shape index (κ2) is 10.5. The Balaban J connectivity index is 1.72. The molecular formula is C19H25N5OS. The van der Waals surface area contributed by atoms with Crippen LogP contribution >= 0.6 is 12.2 Å². The Hall–Kier alpha value is -2.51. The van der Waals surface area contributed by atoms with Crippen LogP contribution in [0.4, 0.5) is 0 Å². The molecule has 0 aliphatic heterocycles. The van der Waals surface area contributed by atoms with Gasteiger partial charge in [-0.1, -0.05) is 36.4 Å². The number of hydrogen-bond donors (Lipinski definition) is 3.